The summed E-state index contributed by atoms with van der Waals surface area (Å²) in [5, 5.41) is 3.64. The van der Waals surface area contributed by atoms with E-state index in [0.717, 1.165) is 17.7 Å². The third-order valence-corrected chi connectivity index (χ3v) is 3.18. The van der Waals surface area contributed by atoms with Gasteiger partial charge in [0.1, 0.15) is 0 Å². The molecule has 1 aromatic heterocycles. The monoisotopic (exact) mass is 204 g/mol. The number of rotatable bonds is 5. The van der Waals surface area contributed by atoms with Crippen LogP contribution in [0.4, 0.5) is 0 Å². The molecule has 1 fully saturated rings. The summed E-state index contributed by atoms with van der Waals surface area (Å²) < 4.78 is 0. The van der Waals surface area contributed by atoms with Gasteiger partial charge in [0, 0.05) is 18.3 Å². The maximum absolute atomic E-state index is 4.37. The van der Waals surface area contributed by atoms with E-state index >= 15 is 0 Å². The molecular weight excluding hydrogens is 184 g/mol. The van der Waals surface area contributed by atoms with Gasteiger partial charge in [0.25, 0.3) is 0 Å². The number of nitrogens with one attached hydrogen (secondary N) is 1. The van der Waals surface area contributed by atoms with Gasteiger partial charge in [-0.2, -0.15) is 0 Å². The summed E-state index contributed by atoms with van der Waals surface area (Å²) in [4.78, 5) is 4.37. The molecule has 2 nitrogen and oxygen atoms in total. The molecule has 1 aliphatic carbocycles. The van der Waals surface area contributed by atoms with E-state index < -0.39 is 0 Å². The average Bonchev–Trinajstić information content (AvgIpc) is 2.98. The summed E-state index contributed by atoms with van der Waals surface area (Å²) in [6.07, 6.45) is 5.89. The van der Waals surface area contributed by atoms with Gasteiger partial charge in [-0.05, 0) is 37.8 Å². The molecule has 1 N–H and O–H groups in total. The Morgan fingerprint density at radius 2 is 2.40 bits per heavy atom. The molecule has 0 radical (unpaired) electrons. The van der Waals surface area contributed by atoms with Crippen molar-refractivity contribution in [3.05, 3.63) is 30.1 Å². The predicted molar refractivity (Wildman–Crippen MR) is 62.6 cm³/mol. The summed E-state index contributed by atoms with van der Waals surface area (Å²) in [6.45, 7) is 4.46. The normalized spacial score (nSPS) is 26.3. The van der Waals surface area contributed by atoms with Gasteiger partial charge >= 0.3 is 0 Å². The molecule has 82 valence electrons. The molecule has 2 heteroatoms. The van der Waals surface area contributed by atoms with E-state index in [0.29, 0.717) is 6.04 Å². The number of nitrogens with zero attached hydrogens (tertiary/aromatic N) is 1. The quantitative estimate of drug-likeness (QED) is 0.797. The average molecular weight is 204 g/mol. The van der Waals surface area contributed by atoms with Crippen LogP contribution in [0.3, 0.4) is 0 Å². The maximum Gasteiger partial charge on any atom is 0.0570 e. The fraction of sp³-hybridized carbons (Fsp3) is 0.615. The molecule has 0 amide bonds. The standard InChI is InChI=1S/C13H20N2/c1-3-6-11-9-13(11)15-10(2)12-7-4-5-8-14-12/h4-5,7-8,10-11,13,15H,3,6,9H2,1-2H3. The van der Waals surface area contributed by atoms with Crippen molar-refractivity contribution in [1.82, 2.24) is 10.3 Å². The van der Waals surface area contributed by atoms with E-state index in [1.807, 2.05) is 12.3 Å². The molecule has 1 aliphatic rings. The number of hydrogen-bond donors (Lipinski definition) is 1. The van der Waals surface area contributed by atoms with Gasteiger partial charge in [-0.15, -0.1) is 0 Å². The first-order valence-electron chi connectivity index (χ1n) is 5.98. The number of hydrogen-bond acceptors (Lipinski definition) is 2. The van der Waals surface area contributed by atoms with Crippen LogP contribution in [0.25, 0.3) is 0 Å². The molecule has 1 saturated carbocycles. The third-order valence-electron chi connectivity index (χ3n) is 3.18. The van der Waals surface area contributed by atoms with E-state index in [2.05, 4.69) is 36.3 Å². The zero-order valence-electron chi connectivity index (χ0n) is 9.61. The SMILES string of the molecule is CCCC1CC1NC(C)c1ccccn1. The van der Waals surface area contributed by atoms with Crippen LogP contribution in [0.2, 0.25) is 0 Å². The van der Waals surface area contributed by atoms with Crippen LogP contribution >= 0.6 is 0 Å². The summed E-state index contributed by atoms with van der Waals surface area (Å²) >= 11 is 0. The second kappa shape index (κ2) is 4.75. The molecule has 0 bridgehead atoms. The Balaban J connectivity index is 1.81. The maximum atomic E-state index is 4.37. The van der Waals surface area contributed by atoms with E-state index in [1.54, 1.807) is 0 Å². The van der Waals surface area contributed by atoms with Crippen molar-refractivity contribution in [1.29, 1.82) is 0 Å². The molecule has 0 spiro atoms. The minimum absolute atomic E-state index is 0.387. The van der Waals surface area contributed by atoms with Crippen molar-refractivity contribution in [3.8, 4) is 0 Å². The van der Waals surface area contributed by atoms with Crippen LogP contribution in [-0.4, -0.2) is 11.0 Å². The Bertz CT molecular complexity index is 297. The van der Waals surface area contributed by atoms with Crippen molar-refractivity contribution in [2.45, 2.75) is 45.2 Å². The molecule has 0 aromatic carbocycles. The molecular formula is C13H20N2. The van der Waals surface area contributed by atoms with Crippen LogP contribution in [0.5, 0.6) is 0 Å². The first-order valence-corrected chi connectivity index (χ1v) is 5.98. The van der Waals surface area contributed by atoms with Crippen molar-refractivity contribution >= 4 is 0 Å². The Kier molecular flexibility index (Phi) is 3.37. The second-order valence-corrected chi connectivity index (χ2v) is 4.53. The van der Waals surface area contributed by atoms with Gasteiger partial charge in [0.15, 0.2) is 0 Å². The third kappa shape index (κ3) is 2.78. The first kappa shape index (κ1) is 10.6. The van der Waals surface area contributed by atoms with E-state index in [-0.39, 0.29) is 0 Å². The lowest BCUT2D eigenvalue weighted by Crippen LogP contribution is -2.23. The molecule has 3 unspecified atom stereocenters. The Hall–Kier alpha value is -0.890. The lowest BCUT2D eigenvalue weighted by Gasteiger charge is -2.12. The predicted octanol–water partition coefficient (Wildman–Crippen LogP) is 2.92. The van der Waals surface area contributed by atoms with E-state index in [9.17, 15) is 0 Å². The molecule has 0 aliphatic heterocycles. The van der Waals surface area contributed by atoms with Gasteiger partial charge in [0.05, 0.1) is 5.69 Å². The second-order valence-electron chi connectivity index (χ2n) is 4.53. The highest BCUT2D eigenvalue weighted by molar-refractivity contribution is 5.09. The number of aromatic nitrogens is 1. The summed E-state index contributed by atoms with van der Waals surface area (Å²) in [7, 11) is 0. The van der Waals surface area contributed by atoms with Gasteiger partial charge in [-0.25, -0.2) is 0 Å². The summed E-state index contributed by atoms with van der Waals surface area (Å²) in [5.74, 6) is 0.918. The molecule has 2 rings (SSSR count). The minimum atomic E-state index is 0.387. The van der Waals surface area contributed by atoms with Crippen LogP contribution in [0.15, 0.2) is 24.4 Å². The van der Waals surface area contributed by atoms with Crippen molar-refractivity contribution in [3.63, 3.8) is 0 Å². The van der Waals surface area contributed by atoms with Crippen LogP contribution in [0.1, 0.15) is 44.8 Å². The molecule has 3 atom stereocenters. The molecule has 15 heavy (non-hydrogen) atoms. The van der Waals surface area contributed by atoms with E-state index in [1.165, 1.54) is 19.3 Å². The van der Waals surface area contributed by atoms with Gasteiger partial charge in [-0.1, -0.05) is 19.4 Å². The minimum Gasteiger partial charge on any atom is -0.306 e. The smallest absolute Gasteiger partial charge is 0.0570 e. The zero-order valence-corrected chi connectivity index (χ0v) is 9.61. The Morgan fingerprint density at radius 3 is 3.07 bits per heavy atom. The summed E-state index contributed by atoms with van der Waals surface area (Å²) in [6, 6.07) is 7.24. The van der Waals surface area contributed by atoms with Crippen LogP contribution in [0, 0.1) is 5.92 Å². The first-order chi connectivity index (χ1) is 7.31. The Labute approximate surface area is 92.1 Å². The van der Waals surface area contributed by atoms with Crippen molar-refractivity contribution in [2.75, 3.05) is 0 Å². The van der Waals surface area contributed by atoms with Gasteiger partial charge in [0.2, 0.25) is 0 Å². The Morgan fingerprint density at radius 1 is 1.53 bits per heavy atom. The highest BCUT2D eigenvalue weighted by Gasteiger charge is 2.36. The lowest BCUT2D eigenvalue weighted by molar-refractivity contribution is 0.521. The van der Waals surface area contributed by atoms with Crippen LogP contribution < -0.4 is 5.32 Å². The highest BCUT2D eigenvalue weighted by Crippen LogP contribution is 2.36. The van der Waals surface area contributed by atoms with Crippen LogP contribution in [-0.2, 0) is 0 Å². The van der Waals surface area contributed by atoms with Gasteiger partial charge < -0.3 is 5.32 Å². The number of pyridine rings is 1. The van der Waals surface area contributed by atoms with Crippen molar-refractivity contribution < 1.29 is 0 Å². The summed E-state index contributed by atoms with van der Waals surface area (Å²) in [5.41, 5.74) is 1.15. The van der Waals surface area contributed by atoms with Gasteiger partial charge in [-0.3, -0.25) is 4.98 Å². The molecule has 1 heterocycles. The fourth-order valence-corrected chi connectivity index (χ4v) is 2.18. The molecule has 1 aromatic rings. The largest absolute Gasteiger partial charge is 0.306 e. The zero-order chi connectivity index (χ0) is 10.7. The lowest BCUT2D eigenvalue weighted by atomic mass is 10.2. The molecule has 0 saturated heterocycles. The topological polar surface area (TPSA) is 24.9 Å². The fourth-order valence-electron chi connectivity index (χ4n) is 2.18. The highest BCUT2D eigenvalue weighted by atomic mass is 15.0. The van der Waals surface area contributed by atoms with Crippen molar-refractivity contribution in [2.24, 2.45) is 5.92 Å². The van der Waals surface area contributed by atoms with E-state index in [4.69, 9.17) is 0 Å².